The third-order valence-electron chi connectivity index (χ3n) is 3.94. The minimum atomic E-state index is 0.390. The monoisotopic (exact) mass is 264 g/mol. The summed E-state index contributed by atoms with van der Waals surface area (Å²) in [6.07, 6.45) is 0.764. The van der Waals surface area contributed by atoms with E-state index in [1.807, 2.05) is 6.07 Å². The molecule has 0 fully saturated rings. The van der Waals surface area contributed by atoms with Crippen LogP contribution in [0.1, 0.15) is 5.56 Å². The van der Waals surface area contributed by atoms with E-state index in [1.54, 1.807) is 0 Å². The van der Waals surface area contributed by atoms with E-state index in [4.69, 9.17) is 0 Å². The third kappa shape index (κ3) is 1.39. The van der Waals surface area contributed by atoms with E-state index in [9.17, 15) is 5.11 Å². The highest BCUT2D eigenvalue weighted by Crippen LogP contribution is 2.39. The Morgan fingerprint density at radius 3 is 2.26 bits per heavy atom. The number of rotatable bonds is 1. The van der Waals surface area contributed by atoms with Gasteiger partial charge in [0.2, 0.25) is 0 Å². The maximum absolute atomic E-state index is 10.2. The van der Waals surface area contributed by atoms with Crippen molar-refractivity contribution in [2.75, 3.05) is 0 Å². The highest BCUT2D eigenvalue weighted by atomic mass is 31.0. The van der Waals surface area contributed by atoms with Gasteiger partial charge in [-0.3, -0.25) is 0 Å². The van der Waals surface area contributed by atoms with Crippen LogP contribution in [-0.4, -0.2) is 5.11 Å². The van der Waals surface area contributed by atoms with Crippen molar-refractivity contribution in [1.82, 2.24) is 0 Å². The lowest BCUT2D eigenvalue weighted by Crippen LogP contribution is -1.88. The minimum absolute atomic E-state index is 0.390. The van der Waals surface area contributed by atoms with Gasteiger partial charge in [0.05, 0.1) is 0 Å². The highest BCUT2D eigenvalue weighted by molar-refractivity contribution is 7.15. The molecule has 1 nitrogen and oxygen atoms in total. The van der Waals surface area contributed by atoms with Crippen LogP contribution in [0.3, 0.4) is 0 Å². The van der Waals surface area contributed by atoms with Gasteiger partial charge in [-0.1, -0.05) is 42.5 Å². The Morgan fingerprint density at radius 1 is 0.842 bits per heavy atom. The van der Waals surface area contributed by atoms with E-state index in [-0.39, 0.29) is 0 Å². The Balaban J connectivity index is 2.39. The van der Waals surface area contributed by atoms with Crippen LogP contribution in [0.4, 0.5) is 0 Å². The fraction of sp³-hybridized carbons (Fsp3) is 0.0588. The second-order valence-electron chi connectivity index (χ2n) is 4.93. The van der Waals surface area contributed by atoms with Crippen molar-refractivity contribution < 1.29 is 5.11 Å². The Morgan fingerprint density at radius 2 is 1.53 bits per heavy atom. The van der Waals surface area contributed by atoms with Crippen LogP contribution in [0.25, 0.3) is 32.3 Å². The van der Waals surface area contributed by atoms with Crippen LogP contribution < -0.4 is 0 Å². The van der Waals surface area contributed by atoms with Crippen molar-refractivity contribution in [2.45, 2.75) is 6.16 Å². The van der Waals surface area contributed by atoms with Gasteiger partial charge in [-0.25, -0.2) is 0 Å². The average Bonchev–Trinajstić information content (AvgIpc) is 2.44. The van der Waals surface area contributed by atoms with Crippen molar-refractivity contribution in [3.63, 3.8) is 0 Å². The second kappa shape index (κ2) is 3.82. The van der Waals surface area contributed by atoms with Gasteiger partial charge in [0.25, 0.3) is 0 Å². The number of aromatic hydroxyl groups is 1. The van der Waals surface area contributed by atoms with Crippen LogP contribution in [0.15, 0.2) is 48.5 Å². The van der Waals surface area contributed by atoms with Gasteiger partial charge in [-0.2, -0.15) is 0 Å². The standard InChI is InChI=1S/C17H13OP/c18-15-8-12-5-4-10-2-1-3-11-6-7-13(14(15)9-19)17(12)16(10)11/h1-8,18H,9,19H2. The van der Waals surface area contributed by atoms with Crippen molar-refractivity contribution in [1.29, 1.82) is 0 Å². The molecule has 0 amide bonds. The first-order valence-corrected chi connectivity index (χ1v) is 7.19. The van der Waals surface area contributed by atoms with Crippen LogP contribution >= 0.6 is 9.24 Å². The minimum Gasteiger partial charge on any atom is -0.508 e. The third-order valence-corrected chi connectivity index (χ3v) is 4.35. The van der Waals surface area contributed by atoms with Crippen LogP contribution in [0, 0.1) is 0 Å². The lowest BCUT2D eigenvalue weighted by atomic mass is 9.92. The topological polar surface area (TPSA) is 20.2 Å². The quantitative estimate of drug-likeness (QED) is 0.391. The van der Waals surface area contributed by atoms with Gasteiger partial charge >= 0.3 is 0 Å². The molecule has 4 aromatic rings. The molecule has 0 bridgehead atoms. The Bertz CT molecular complexity index is 895. The number of hydrogen-bond donors (Lipinski definition) is 1. The van der Waals surface area contributed by atoms with E-state index in [0.29, 0.717) is 5.75 Å². The summed E-state index contributed by atoms with van der Waals surface area (Å²) < 4.78 is 0. The number of benzene rings is 4. The van der Waals surface area contributed by atoms with E-state index in [1.165, 1.54) is 21.5 Å². The van der Waals surface area contributed by atoms with Gasteiger partial charge in [-0.05, 0) is 44.5 Å². The number of hydrogen-bond acceptors (Lipinski definition) is 1. The Kier molecular flexibility index (Phi) is 2.22. The van der Waals surface area contributed by atoms with E-state index >= 15 is 0 Å². The second-order valence-corrected chi connectivity index (χ2v) is 5.34. The average molecular weight is 264 g/mol. The van der Waals surface area contributed by atoms with E-state index < -0.39 is 0 Å². The molecule has 19 heavy (non-hydrogen) atoms. The smallest absolute Gasteiger partial charge is 0.120 e. The lowest BCUT2D eigenvalue weighted by Gasteiger charge is -2.14. The summed E-state index contributed by atoms with van der Waals surface area (Å²) in [4.78, 5) is 0. The molecule has 1 N–H and O–H groups in total. The Hall–Kier alpha value is -1.85. The fourth-order valence-electron chi connectivity index (χ4n) is 3.07. The summed E-state index contributed by atoms with van der Waals surface area (Å²) in [6, 6.07) is 16.8. The first-order valence-electron chi connectivity index (χ1n) is 6.38. The molecular weight excluding hydrogens is 251 g/mol. The Labute approximate surface area is 113 Å². The molecule has 0 aliphatic rings. The lowest BCUT2D eigenvalue weighted by molar-refractivity contribution is 0.472. The normalized spacial score (nSPS) is 11.8. The number of phenolic OH excluding ortho intramolecular Hbond substituents is 1. The van der Waals surface area contributed by atoms with Gasteiger partial charge in [0.15, 0.2) is 0 Å². The first kappa shape index (κ1) is 11.0. The van der Waals surface area contributed by atoms with E-state index in [2.05, 4.69) is 51.7 Å². The zero-order valence-corrected chi connectivity index (χ0v) is 11.5. The molecular formula is C17H13OP. The molecule has 4 rings (SSSR count). The van der Waals surface area contributed by atoms with Crippen LogP contribution in [0.2, 0.25) is 0 Å². The molecule has 1 unspecified atom stereocenters. The predicted molar refractivity (Wildman–Crippen MR) is 85.2 cm³/mol. The fourth-order valence-corrected chi connectivity index (χ4v) is 3.50. The zero-order valence-electron chi connectivity index (χ0n) is 10.4. The molecule has 0 aromatic heterocycles. The van der Waals surface area contributed by atoms with Gasteiger partial charge in [0, 0.05) is 5.56 Å². The molecule has 0 aliphatic heterocycles. The number of phenols is 1. The predicted octanol–water partition coefficient (Wildman–Crippen LogP) is 4.66. The summed E-state index contributed by atoms with van der Waals surface area (Å²) in [6.45, 7) is 0. The molecule has 1 atom stereocenters. The van der Waals surface area contributed by atoms with Gasteiger partial charge < -0.3 is 5.11 Å². The molecule has 2 heteroatoms. The van der Waals surface area contributed by atoms with Crippen molar-refractivity contribution in [3.05, 3.63) is 54.1 Å². The summed E-state index contributed by atoms with van der Waals surface area (Å²) in [5.74, 6) is 0.390. The molecule has 0 saturated carbocycles. The summed E-state index contributed by atoms with van der Waals surface area (Å²) in [7, 11) is 2.71. The van der Waals surface area contributed by atoms with Gasteiger partial charge in [0.1, 0.15) is 5.75 Å². The molecule has 0 heterocycles. The molecule has 92 valence electrons. The molecule has 0 aliphatic carbocycles. The molecule has 0 spiro atoms. The summed E-state index contributed by atoms with van der Waals surface area (Å²) in [5.41, 5.74) is 1.01. The summed E-state index contributed by atoms with van der Waals surface area (Å²) in [5, 5.41) is 17.5. The SMILES string of the molecule is Oc1cc2ccc3cccc4ccc(c1CP)c2c34. The summed E-state index contributed by atoms with van der Waals surface area (Å²) >= 11 is 0. The molecule has 4 aromatic carbocycles. The largest absolute Gasteiger partial charge is 0.508 e. The molecule has 0 radical (unpaired) electrons. The van der Waals surface area contributed by atoms with Crippen LogP contribution in [0.5, 0.6) is 5.75 Å². The van der Waals surface area contributed by atoms with Crippen molar-refractivity contribution in [2.24, 2.45) is 0 Å². The highest BCUT2D eigenvalue weighted by Gasteiger charge is 2.12. The maximum Gasteiger partial charge on any atom is 0.120 e. The van der Waals surface area contributed by atoms with E-state index in [0.717, 1.165) is 22.5 Å². The van der Waals surface area contributed by atoms with Crippen molar-refractivity contribution >= 4 is 41.6 Å². The maximum atomic E-state index is 10.2. The molecule has 0 saturated heterocycles. The first-order chi connectivity index (χ1) is 9.29. The van der Waals surface area contributed by atoms with Crippen LogP contribution in [-0.2, 0) is 6.16 Å². The van der Waals surface area contributed by atoms with Gasteiger partial charge in [-0.15, -0.1) is 9.24 Å². The zero-order chi connectivity index (χ0) is 13.0. The van der Waals surface area contributed by atoms with Crippen molar-refractivity contribution in [3.8, 4) is 5.75 Å².